The summed E-state index contributed by atoms with van der Waals surface area (Å²) in [6.45, 7) is 11.0. The summed E-state index contributed by atoms with van der Waals surface area (Å²) in [7, 11) is 3.97. The lowest BCUT2D eigenvalue weighted by Gasteiger charge is -2.41. The Morgan fingerprint density at radius 1 is 1.15 bits per heavy atom. The zero-order chi connectivity index (χ0) is 28.6. The molecule has 3 N–H and O–H groups in total. The highest BCUT2D eigenvalue weighted by Gasteiger charge is 2.47. The average molecular weight is 542 g/mol. The lowest BCUT2D eigenvalue weighted by Crippen LogP contribution is -2.45. The van der Waals surface area contributed by atoms with E-state index < -0.39 is 5.54 Å². The maximum Gasteiger partial charge on any atom is 0.142 e. The van der Waals surface area contributed by atoms with Crippen LogP contribution in [0.15, 0.2) is 61.6 Å². The molecule has 3 aromatic heterocycles. The van der Waals surface area contributed by atoms with Crippen LogP contribution in [0.5, 0.6) is 0 Å². The number of rotatable bonds is 9. The monoisotopic (exact) mass is 541 g/mol. The van der Waals surface area contributed by atoms with Crippen molar-refractivity contribution in [3.05, 3.63) is 107 Å². The summed E-state index contributed by atoms with van der Waals surface area (Å²) in [5.74, 6) is 0.282. The van der Waals surface area contributed by atoms with Gasteiger partial charge in [0.1, 0.15) is 28.8 Å². The van der Waals surface area contributed by atoms with Crippen molar-refractivity contribution >= 4 is 17.1 Å². The molecule has 9 heteroatoms. The van der Waals surface area contributed by atoms with E-state index in [1.807, 2.05) is 47.0 Å². The summed E-state index contributed by atoms with van der Waals surface area (Å²) in [6, 6.07) is 6.69. The van der Waals surface area contributed by atoms with Crippen molar-refractivity contribution in [2.24, 2.45) is 0 Å². The maximum absolute atomic E-state index is 16.0. The number of pyridine rings is 2. The molecule has 4 heterocycles. The number of hydrogen-bond acceptors (Lipinski definition) is 6. The molecule has 1 atom stereocenters. The number of aromatic amines is 1. The summed E-state index contributed by atoms with van der Waals surface area (Å²) >= 11 is 0. The quantitative estimate of drug-likeness (QED) is 0.224. The number of aromatic nitrogens is 4. The first-order valence-corrected chi connectivity index (χ1v) is 13.1. The summed E-state index contributed by atoms with van der Waals surface area (Å²) in [5, 5.41) is 6.56. The van der Waals surface area contributed by atoms with Gasteiger partial charge in [-0.05, 0) is 70.3 Å². The highest BCUT2D eigenvalue weighted by atomic mass is 19.1. The number of aryl methyl sites for hydroxylation is 2. The fourth-order valence-corrected chi connectivity index (χ4v) is 5.05. The number of anilines is 2. The summed E-state index contributed by atoms with van der Waals surface area (Å²) in [6.07, 6.45) is 8.32. The molecule has 40 heavy (non-hydrogen) atoms. The molecule has 0 fully saturated rings. The van der Waals surface area contributed by atoms with E-state index in [0.29, 0.717) is 57.4 Å². The molecular formula is C31H33F2N7. The number of nitrogens with zero attached hydrogens (tertiary/aromatic N) is 4. The van der Waals surface area contributed by atoms with Gasteiger partial charge in [-0.3, -0.25) is 4.98 Å². The number of fused-ring (bicyclic) bond motifs is 1. The summed E-state index contributed by atoms with van der Waals surface area (Å²) in [4.78, 5) is 18.9. The topological polar surface area (TPSA) is 81.8 Å². The van der Waals surface area contributed by atoms with Crippen LogP contribution in [-0.4, -0.2) is 52.0 Å². The van der Waals surface area contributed by atoms with Crippen molar-refractivity contribution in [1.82, 2.24) is 24.8 Å². The van der Waals surface area contributed by atoms with E-state index in [9.17, 15) is 4.39 Å². The van der Waals surface area contributed by atoms with Gasteiger partial charge in [-0.1, -0.05) is 18.7 Å². The van der Waals surface area contributed by atoms with Gasteiger partial charge in [-0.2, -0.15) is 0 Å². The zero-order valence-corrected chi connectivity index (χ0v) is 23.4. The molecule has 0 amide bonds. The predicted octanol–water partition coefficient (Wildman–Crippen LogP) is 6.04. The molecular weight excluding hydrogens is 508 g/mol. The molecule has 206 valence electrons. The lowest BCUT2D eigenvalue weighted by molar-refractivity contribution is 0.425. The Hall–Kier alpha value is -4.37. The highest BCUT2D eigenvalue weighted by Crippen LogP contribution is 2.47. The third kappa shape index (κ3) is 4.88. The van der Waals surface area contributed by atoms with Crippen LogP contribution in [-0.2, 0) is 5.54 Å². The van der Waals surface area contributed by atoms with E-state index in [1.165, 1.54) is 18.3 Å². The van der Waals surface area contributed by atoms with Crippen LogP contribution >= 0.6 is 0 Å². The second kappa shape index (κ2) is 10.7. The maximum atomic E-state index is 16.0. The molecule has 0 bridgehead atoms. The minimum atomic E-state index is -0.943. The zero-order valence-electron chi connectivity index (χ0n) is 23.4. The van der Waals surface area contributed by atoms with Crippen LogP contribution < -0.4 is 10.6 Å². The molecule has 0 aliphatic carbocycles. The number of likely N-dealkylation sites (N-methyl/N-ethyl adjacent to an activating group) is 1. The van der Waals surface area contributed by atoms with E-state index in [4.69, 9.17) is 4.98 Å². The van der Waals surface area contributed by atoms with Crippen LogP contribution in [0.25, 0.3) is 16.7 Å². The first-order chi connectivity index (χ1) is 19.1. The first-order valence-electron chi connectivity index (χ1n) is 13.1. The van der Waals surface area contributed by atoms with E-state index in [-0.39, 0.29) is 11.6 Å². The standard InChI is InChI=1S/C31H33F2N7/c1-7-8-23(20-13-21(32)15-22(14-20)35-11-12-40(5)6)28-19(3)37-30(38-28)31(4)26-27(33)25(17-36-29(26)39-31)24-16-34-10-9-18(24)2/h7-10,13-17,35H,1,11-12H2,2-6H3,(H,36,39)(H,37,38)/b23-8-. The Bertz CT molecular complexity index is 1620. The predicted molar refractivity (Wildman–Crippen MR) is 156 cm³/mol. The van der Waals surface area contributed by atoms with Gasteiger partial charge in [0, 0.05) is 59.8 Å². The number of benzene rings is 1. The van der Waals surface area contributed by atoms with Gasteiger partial charge in [0.15, 0.2) is 0 Å². The molecule has 1 aliphatic rings. The van der Waals surface area contributed by atoms with Gasteiger partial charge < -0.3 is 20.5 Å². The Morgan fingerprint density at radius 2 is 1.95 bits per heavy atom. The molecule has 0 saturated heterocycles. The van der Waals surface area contributed by atoms with Crippen LogP contribution in [0.1, 0.15) is 40.8 Å². The largest absolute Gasteiger partial charge is 0.384 e. The third-order valence-electron chi connectivity index (χ3n) is 7.21. The van der Waals surface area contributed by atoms with Crippen LogP contribution in [0.4, 0.5) is 20.3 Å². The molecule has 0 radical (unpaired) electrons. The normalized spacial score (nSPS) is 16.4. The molecule has 0 saturated carbocycles. The van der Waals surface area contributed by atoms with E-state index >= 15 is 4.39 Å². The minimum absolute atomic E-state index is 0.360. The van der Waals surface area contributed by atoms with E-state index in [1.54, 1.807) is 24.5 Å². The van der Waals surface area contributed by atoms with Gasteiger partial charge >= 0.3 is 0 Å². The van der Waals surface area contributed by atoms with Gasteiger partial charge in [0.05, 0.1) is 11.3 Å². The SMILES string of the molecule is C=C/C=C(/c1cc(F)cc(NCCN(C)C)c1)c1nc(C2(C)Nc3ncc(-c4cnccc4C)c(F)c32)[nH]c1C. The molecule has 5 rings (SSSR count). The molecule has 7 nitrogen and oxygen atoms in total. The Labute approximate surface area is 233 Å². The molecule has 1 aliphatic heterocycles. The average Bonchev–Trinajstić information content (AvgIpc) is 3.28. The van der Waals surface area contributed by atoms with E-state index in [0.717, 1.165) is 17.8 Å². The van der Waals surface area contributed by atoms with Crippen molar-refractivity contribution < 1.29 is 8.78 Å². The third-order valence-corrected chi connectivity index (χ3v) is 7.21. The number of nitrogens with one attached hydrogen (secondary N) is 3. The molecule has 4 aromatic rings. The van der Waals surface area contributed by atoms with Gasteiger partial charge in [0.2, 0.25) is 0 Å². The molecule has 0 spiro atoms. The summed E-state index contributed by atoms with van der Waals surface area (Å²) < 4.78 is 30.7. The number of allylic oxidation sites excluding steroid dienone is 2. The number of imidazole rings is 1. The Morgan fingerprint density at radius 3 is 2.67 bits per heavy atom. The van der Waals surface area contributed by atoms with Gasteiger partial charge in [0.25, 0.3) is 0 Å². The second-order valence-electron chi connectivity index (χ2n) is 10.5. The van der Waals surface area contributed by atoms with E-state index in [2.05, 4.69) is 37.1 Å². The number of H-pyrrole nitrogens is 1. The first kappa shape index (κ1) is 27.2. The van der Waals surface area contributed by atoms with Gasteiger partial charge in [-0.25, -0.2) is 18.7 Å². The smallest absolute Gasteiger partial charge is 0.142 e. The minimum Gasteiger partial charge on any atom is -0.384 e. The van der Waals surface area contributed by atoms with Crippen LogP contribution in [0.2, 0.25) is 0 Å². The molecule has 1 aromatic carbocycles. The highest BCUT2D eigenvalue weighted by molar-refractivity contribution is 5.82. The second-order valence-corrected chi connectivity index (χ2v) is 10.5. The molecule has 1 unspecified atom stereocenters. The van der Waals surface area contributed by atoms with Crippen LogP contribution in [0.3, 0.4) is 0 Å². The number of halogens is 2. The number of hydrogen-bond donors (Lipinski definition) is 3. The Balaban J connectivity index is 1.52. The summed E-state index contributed by atoms with van der Waals surface area (Å²) in [5.41, 5.74) is 4.90. The van der Waals surface area contributed by atoms with Crippen molar-refractivity contribution in [3.8, 4) is 11.1 Å². The van der Waals surface area contributed by atoms with Crippen LogP contribution in [0, 0.1) is 25.5 Å². The van der Waals surface area contributed by atoms with Crippen molar-refractivity contribution in [2.75, 3.05) is 37.8 Å². The van der Waals surface area contributed by atoms with Crippen molar-refractivity contribution in [2.45, 2.75) is 26.3 Å². The Kier molecular flexibility index (Phi) is 7.25. The van der Waals surface area contributed by atoms with Crippen molar-refractivity contribution in [3.63, 3.8) is 0 Å². The fraction of sp³-hybridized carbons (Fsp3) is 0.258. The lowest BCUT2D eigenvalue weighted by atomic mass is 9.82. The fourth-order valence-electron chi connectivity index (χ4n) is 5.05. The van der Waals surface area contributed by atoms with Crippen molar-refractivity contribution in [1.29, 1.82) is 0 Å². The van der Waals surface area contributed by atoms with Gasteiger partial charge in [-0.15, -0.1) is 0 Å².